The lowest BCUT2D eigenvalue weighted by Crippen LogP contribution is -2.58. The fraction of sp³-hybridized carbons (Fsp3) is 0.700. The normalized spacial score (nSPS) is 32.6. The van der Waals surface area contributed by atoms with Gasteiger partial charge in [-0.15, -0.1) is 0 Å². The third-order valence-corrected chi connectivity index (χ3v) is 3.17. The van der Waals surface area contributed by atoms with Crippen LogP contribution in [0, 0.1) is 5.92 Å². The molecule has 2 aliphatic rings. The Morgan fingerprint density at radius 1 is 1.56 bits per heavy atom. The quantitative estimate of drug-likeness (QED) is 0.526. The molecule has 6 nitrogen and oxygen atoms in total. The second-order valence-corrected chi connectivity index (χ2v) is 4.23. The molecule has 0 aromatic carbocycles. The van der Waals surface area contributed by atoms with Crippen LogP contribution < -0.4 is 5.32 Å². The lowest BCUT2D eigenvalue weighted by atomic mass is 9.68. The summed E-state index contributed by atoms with van der Waals surface area (Å²) < 4.78 is 4.86. The number of esters is 1. The van der Waals surface area contributed by atoms with Crippen LogP contribution in [0.5, 0.6) is 0 Å². The zero-order chi connectivity index (χ0) is 11.9. The highest BCUT2D eigenvalue weighted by atomic mass is 16.5. The first-order valence-electron chi connectivity index (χ1n) is 5.27. The van der Waals surface area contributed by atoms with Gasteiger partial charge in [0.2, 0.25) is 0 Å². The second kappa shape index (κ2) is 3.47. The van der Waals surface area contributed by atoms with Crippen LogP contribution in [0.4, 0.5) is 4.79 Å². The molecule has 1 heterocycles. The van der Waals surface area contributed by atoms with Gasteiger partial charge in [-0.25, -0.2) is 4.79 Å². The Hall–Kier alpha value is -1.59. The first kappa shape index (κ1) is 10.9. The molecule has 1 aliphatic carbocycles. The van der Waals surface area contributed by atoms with E-state index in [1.54, 1.807) is 6.92 Å². The fourth-order valence-corrected chi connectivity index (χ4v) is 2.24. The Morgan fingerprint density at radius 3 is 2.62 bits per heavy atom. The number of hydrogen-bond acceptors (Lipinski definition) is 4. The topological polar surface area (TPSA) is 75.7 Å². The van der Waals surface area contributed by atoms with E-state index in [1.165, 1.54) is 7.05 Å². The number of carbonyl (C=O) groups is 3. The van der Waals surface area contributed by atoms with Gasteiger partial charge in [-0.2, -0.15) is 0 Å². The van der Waals surface area contributed by atoms with E-state index in [-0.39, 0.29) is 17.8 Å². The first-order valence-corrected chi connectivity index (χ1v) is 5.27. The van der Waals surface area contributed by atoms with Crippen molar-refractivity contribution in [1.29, 1.82) is 0 Å². The highest BCUT2D eigenvalue weighted by molar-refractivity contribution is 6.08. The summed E-state index contributed by atoms with van der Waals surface area (Å²) in [6.07, 6.45) is 0.696. The van der Waals surface area contributed by atoms with E-state index in [9.17, 15) is 14.4 Å². The zero-order valence-corrected chi connectivity index (χ0v) is 9.28. The third-order valence-electron chi connectivity index (χ3n) is 3.17. The van der Waals surface area contributed by atoms with Crippen LogP contribution >= 0.6 is 0 Å². The van der Waals surface area contributed by atoms with Crippen LogP contribution in [0.25, 0.3) is 0 Å². The van der Waals surface area contributed by atoms with Gasteiger partial charge in [-0.3, -0.25) is 14.5 Å². The van der Waals surface area contributed by atoms with Crippen LogP contribution in [0.2, 0.25) is 0 Å². The van der Waals surface area contributed by atoms with Gasteiger partial charge in [0, 0.05) is 7.05 Å². The van der Waals surface area contributed by atoms with Gasteiger partial charge in [0.25, 0.3) is 5.91 Å². The first-order chi connectivity index (χ1) is 7.50. The molecule has 0 aromatic rings. The summed E-state index contributed by atoms with van der Waals surface area (Å²) in [5, 5.41) is 2.62. The number of ether oxygens (including phenoxy) is 1. The molecule has 1 spiro atoms. The number of hydrogen-bond donors (Lipinski definition) is 1. The smallest absolute Gasteiger partial charge is 0.324 e. The molecule has 2 fully saturated rings. The van der Waals surface area contributed by atoms with Gasteiger partial charge < -0.3 is 10.1 Å². The maximum Gasteiger partial charge on any atom is 0.324 e. The average Bonchev–Trinajstić information content (AvgIpc) is 2.41. The number of likely N-dealkylation sites (N-methyl/N-ethyl adjacent to an activating group) is 1. The summed E-state index contributed by atoms with van der Waals surface area (Å²) in [5.41, 5.74) is -0.844. The van der Waals surface area contributed by atoms with Crippen LogP contribution in [0.15, 0.2) is 0 Å². The van der Waals surface area contributed by atoms with Crippen molar-refractivity contribution in [2.45, 2.75) is 25.3 Å². The zero-order valence-electron chi connectivity index (χ0n) is 9.28. The van der Waals surface area contributed by atoms with Crippen molar-refractivity contribution in [3.8, 4) is 0 Å². The van der Waals surface area contributed by atoms with Gasteiger partial charge >= 0.3 is 12.0 Å². The van der Waals surface area contributed by atoms with Gasteiger partial charge in [-0.05, 0) is 19.8 Å². The van der Waals surface area contributed by atoms with Crippen LogP contribution in [-0.4, -0.2) is 42.0 Å². The molecule has 0 atom stereocenters. The summed E-state index contributed by atoms with van der Waals surface area (Å²) in [4.78, 5) is 35.4. The molecular weight excluding hydrogens is 212 g/mol. The number of carbonyl (C=O) groups excluding carboxylic acids is 3. The maximum absolute atomic E-state index is 11.7. The van der Waals surface area contributed by atoms with Gasteiger partial charge in [0.1, 0.15) is 5.54 Å². The fourth-order valence-electron chi connectivity index (χ4n) is 2.24. The number of imide groups is 1. The predicted molar refractivity (Wildman–Crippen MR) is 53.4 cm³/mol. The second-order valence-electron chi connectivity index (χ2n) is 4.23. The van der Waals surface area contributed by atoms with Crippen LogP contribution in [-0.2, 0) is 14.3 Å². The minimum atomic E-state index is -0.844. The van der Waals surface area contributed by atoms with Gasteiger partial charge in [-0.1, -0.05) is 0 Å². The molecule has 0 radical (unpaired) electrons. The van der Waals surface area contributed by atoms with E-state index in [0.717, 1.165) is 4.90 Å². The van der Waals surface area contributed by atoms with Crippen molar-refractivity contribution in [2.24, 2.45) is 5.92 Å². The largest absolute Gasteiger partial charge is 0.466 e. The van der Waals surface area contributed by atoms with E-state index in [1.807, 2.05) is 0 Å². The predicted octanol–water partition coefficient (Wildman–Crippen LogP) is -0.120. The lowest BCUT2D eigenvalue weighted by Gasteiger charge is -2.40. The molecule has 1 N–H and O–H groups in total. The average molecular weight is 226 g/mol. The van der Waals surface area contributed by atoms with E-state index >= 15 is 0 Å². The number of amides is 3. The highest BCUT2D eigenvalue weighted by Gasteiger charge is 2.59. The van der Waals surface area contributed by atoms with Crippen molar-refractivity contribution < 1.29 is 19.1 Å². The summed E-state index contributed by atoms with van der Waals surface area (Å²) in [6, 6.07) is -0.396. The molecule has 1 saturated carbocycles. The third kappa shape index (κ3) is 1.36. The molecule has 0 aromatic heterocycles. The minimum Gasteiger partial charge on any atom is -0.466 e. The van der Waals surface area contributed by atoms with E-state index in [4.69, 9.17) is 4.74 Å². The Kier molecular flexibility index (Phi) is 2.36. The van der Waals surface area contributed by atoms with Crippen molar-refractivity contribution in [1.82, 2.24) is 10.2 Å². The Balaban J connectivity index is 1.99. The Bertz CT molecular complexity index is 360. The summed E-state index contributed by atoms with van der Waals surface area (Å²) in [6.45, 7) is 2.07. The van der Waals surface area contributed by atoms with Crippen molar-refractivity contribution in [2.75, 3.05) is 13.7 Å². The minimum absolute atomic E-state index is 0.252. The molecule has 1 aliphatic heterocycles. The molecule has 0 unspecified atom stereocenters. The maximum atomic E-state index is 11.7. The molecule has 6 heteroatoms. The summed E-state index contributed by atoms with van der Waals surface area (Å²) in [5.74, 6) is -0.807. The summed E-state index contributed by atoms with van der Waals surface area (Å²) >= 11 is 0. The number of urea groups is 1. The van der Waals surface area contributed by atoms with E-state index in [2.05, 4.69) is 5.32 Å². The number of nitrogens with one attached hydrogen (secondary N) is 1. The monoisotopic (exact) mass is 226 g/mol. The van der Waals surface area contributed by atoms with E-state index in [0.29, 0.717) is 19.4 Å². The molecule has 88 valence electrons. The summed E-state index contributed by atoms with van der Waals surface area (Å²) in [7, 11) is 1.43. The highest BCUT2D eigenvalue weighted by Crippen LogP contribution is 2.42. The molecule has 1 saturated heterocycles. The van der Waals surface area contributed by atoms with Gasteiger partial charge in [0.05, 0.1) is 12.5 Å². The van der Waals surface area contributed by atoms with Crippen molar-refractivity contribution in [3.05, 3.63) is 0 Å². The Labute approximate surface area is 92.9 Å². The molecule has 3 amide bonds. The molecule has 2 rings (SSSR count). The molecular formula is C10H14N2O4. The van der Waals surface area contributed by atoms with Crippen LogP contribution in [0.1, 0.15) is 19.8 Å². The molecule has 16 heavy (non-hydrogen) atoms. The molecule has 0 bridgehead atoms. The number of nitrogens with zero attached hydrogens (tertiary/aromatic N) is 1. The van der Waals surface area contributed by atoms with Gasteiger partial charge in [0.15, 0.2) is 0 Å². The van der Waals surface area contributed by atoms with E-state index < -0.39 is 11.6 Å². The Morgan fingerprint density at radius 2 is 2.19 bits per heavy atom. The standard InChI is InChI=1S/C10H14N2O4/c1-3-16-7(13)6-4-10(5-6)8(14)12(2)9(15)11-10/h6H,3-5H2,1-2H3,(H,11,15). The van der Waals surface area contributed by atoms with Crippen molar-refractivity contribution in [3.63, 3.8) is 0 Å². The lowest BCUT2D eigenvalue weighted by molar-refractivity contribution is -0.156. The SMILES string of the molecule is CCOC(=O)C1CC2(C1)NC(=O)N(C)C2=O. The van der Waals surface area contributed by atoms with Crippen LogP contribution in [0.3, 0.4) is 0 Å². The number of rotatable bonds is 2. The van der Waals surface area contributed by atoms with Crippen molar-refractivity contribution >= 4 is 17.9 Å².